The third-order valence-corrected chi connectivity index (χ3v) is 4.02. The molecule has 0 bridgehead atoms. The van der Waals surface area contributed by atoms with Crippen molar-refractivity contribution in [2.45, 2.75) is 44.8 Å². The number of fused-ring (bicyclic) bond motifs is 1. The number of β-amino-alcohol motifs (C(OH)–C–C–N with tert-alkyl or cyclic N) is 1. The highest BCUT2D eigenvalue weighted by molar-refractivity contribution is 5.51. The zero-order valence-electron chi connectivity index (χ0n) is 10.7. The summed E-state index contributed by atoms with van der Waals surface area (Å²) in [6.45, 7) is 2.21. The fourth-order valence-corrected chi connectivity index (χ4v) is 3.08. The highest BCUT2D eigenvalue weighted by Crippen LogP contribution is 2.28. The molecule has 1 atom stereocenters. The summed E-state index contributed by atoms with van der Waals surface area (Å²) < 4.78 is 0. The number of aromatic nitrogens is 1. The van der Waals surface area contributed by atoms with Crippen LogP contribution in [0.25, 0.3) is 0 Å². The number of aliphatic hydroxyl groups is 1. The number of nitrogens with zero attached hydrogens (tertiary/aromatic N) is 2. The van der Waals surface area contributed by atoms with E-state index in [0.717, 1.165) is 43.6 Å². The zero-order valence-corrected chi connectivity index (χ0v) is 10.7. The lowest BCUT2D eigenvalue weighted by molar-refractivity contribution is 0.153. The van der Waals surface area contributed by atoms with Crippen LogP contribution in [0.4, 0.5) is 5.82 Å². The number of piperidine rings is 1. The van der Waals surface area contributed by atoms with Gasteiger partial charge in [-0.25, -0.2) is 4.98 Å². The Bertz CT molecular complexity index is 447. The zero-order chi connectivity index (χ0) is 12.5. The minimum absolute atomic E-state index is 0.223. The van der Waals surface area contributed by atoms with E-state index in [0.29, 0.717) is 13.1 Å². The maximum absolute atomic E-state index is 9.80. The number of anilines is 1. The molecular formula is C14H21N3O. The fourth-order valence-electron chi connectivity index (χ4n) is 3.08. The Morgan fingerprint density at radius 2 is 2.28 bits per heavy atom. The van der Waals surface area contributed by atoms with E-state index in [1.807, 2.05) is 0 Å². The molecule has 3 rings (SSSR count). The van der Waals surface area contributed by atoms with Crippen molar-refractivity contribution in [2.24, 2.45) is 5.73 Å². The second-order valence-electron chi connectivity index (χ2n) is 5.38. The highest BCUT2D eigenvalue weighted by atomic mass is 16.3. The predicted octanol–water partition coefficient (Wildman–Crippen LogP) is 0.990. The van der Waals surface area contributed by atoms with Gasteiger partial charge in [0.05, 0.1) is 6.10 Å². The van der Waals surface area contributed by atoms with Crippen molar-refractivity contribution >= 4 is 5.82 Å². The van der Waals surface area contributed by atoms with Gasteiger partial charge in [0.1, 0.15) is 5.82 Å². The Morgan fingerprint density at radius 3 is 3.06 bits per heavy atom. The fraction of sp³-hybridized carbons (Fsp3) is 0.643. The lowest BCUT2D eigenvalue weighted by Gasteiger charge is -2.32. The molecule has 98 valence electrons. The molecule has 1 fully saturated rings. The number of rotatable bonds is 2. The van der Waals surface area contributed by atoms with E-state index in [4.69, 9.17) is 10.7 Å². The van der Waals surface area contributed by atoms with Gasteiger partial charge in [0.2, 0.25) is 0 Å². The van der Waals surface area contributed by atoms with Crippen LogP contribution in [0.3, 0.4) is 0 Å². The summed E-state index contributed by atoms with van der Waals surface area (Å²) in [5.41, 5.74) is 9.60. The molecule has 0 saturated carbocycles. The van der Waals surface area contributed by atoms with E-state index in [1.54, 1.807) is 0 Å². The van der Waals surface area contributed by atoms with E-state index < -0.39 is 0 Å². The van der Waals surface area contributed by atoms with E-state index in [2.05, 4.69) is 11.0 Å². The van der Waals surface area contributed by atoms with Crippen LogP contribution in [0.15, 0.2) is 6.07 Å². The largest absolute Gasteiger partial charge is 0.391 e. The summed E-state index contributed by atoms with van der Waals surface area (Å²) in [6, 6.07) is 2.23. The second-order valence-corrected chi connectivity index (χ2v) is 5.38. The molecule has 0 spiro atoms. The summed E-state index contributed by atoms with van der Waals surface area (Å²) in [5, 5.41) is 9.80. The van der Waals surface area contributed by atoms with Gasteiger partial charge in [0.25, 0.3) is 0 Å². The SMILES string of the molecule is NCc1cc2c(nc1N1CCCC(O)C1)CCC2. The molecule has 2 aliphatic rings. The molecule has 0 amide bonds. The minimum atomic E-state index is -0.223. The van der Waals surface area contributed by atoms with Crippen LogP contribution >= 0.6 is 0 Å². The Kier molecular flexibility index (Phi) is 3.22. The van der Waals surface area contributed by atoms with Crippen LogP contribution in [0, 0.1) is 0 Å². The monoisotopic (exact) mass is 247 g/mol. The summed E-state index contributed by atoms with van der Waals surface area (Å²) in [7, 11) is 0. The first-order chi connectivity index (χ1) is 8.78. The molecule has 18 heavy (non-hydrogen) atoms. The van der Waals surface area contributed by atoms with Gasteiger partial charge in [-0.15, -0.1) is 0 Å². The Labute approximate surface area is 108 Å². The summed E-state index contributed by atoms with van der Waals surface area (Å²) in [4.78, 5) is 7.02. The standard InChI is InChI=1S/C14H21N3O/c15-8-11-7-10-3-1-5-13(10)16-14(11)17-6-2-4-12(18)9-17/h7,12,18H,1-6,8-9,15H2. The van der Waals surface area contributed by atoms with Crippen LogP contribution in [0.2, 0.25) is 0 Å². The summed E-state index contributed by atoms with van der Waals surface area (Å²) >= 11 is 0. The molecule has 0 aromatic carbocycles. The summed E-state index contributed by atoms with van der Waals surface area (Å²) in [5.74, 6) is 1.01. The van der Waals surface area contributed by atoms with Gasteiger partial charge in [-0.2, -0.15) is 0 Å². The molecule has 1 aliphatic carbocycles. The van der Waals surface area contributed by atoms with Gasteiger partial charge in [0.15, 0.2) is 0 Å². The molecule has 4 nitrogen and oxygen atoms in total. The first-order valence-electron chi connectivity index (χ1n) is 6.92. The van der Waals surface area contributed by atoms with E-state index in [9.17, 15) is 5.11 Å². The molecule has 1 aliphatic heterocycles. The normalized spacial score (nSPS) is 23.2. The Balaban J connectivity index is 1.94. The smallest absolute Gasteiger partial charge is 0.133 e. The molecule has 4 heteroatoms. The predicted molar refractivity (Wildman–Crippen MR) is 71.6 cm³/mol. The van der Waals surface area contributed by atoms with Gasteiger partial charge in [-0.3, -0.25) is 0 Å². The average Bonchev–Trinajstić information content (AvgIpc) is 2.84. The van der Waals surface area contributed by atoms with Crippen LogP contribution < -0.4 is 10.6 Å². The van der Waals surface area contributed by atoms with E-state index >= 15 is 0 Å². The second kappa shape index (κ2) is 4.86. The topological polar surface area (TPSA) is 62.4 Å². The highest BCUT2D eigenvalue weighted by Gasteiger charge is 2.23. The van der Waals surface area contributed by atoms with Crippen LogP contribution in [0.1, 0.15) is 36.1 Å². The van der Waals surface area contributed by atoms with Crippen molar-refractivity contribution < 1.29 is 5.11 Å². The van der Waals surface area contributed by atoms with Crippen molar-refractivity contribution in [1.29, 1.82) is 0 Å². The maximum Gasteiger partial charge on any atom is 0.133 e. The van der Waals surface area contributed by atoms with E-state index in [-0.39, 0.29) is 6.10 Å². The summed E-state index contributed by atoms with van der Waals surface area (Å²) in [6.07, 6.45) is 5.14. The first kappa shape index (κ1) is 11.9. The van der Waals surface area contributed by atoms with Crippen molar-refractivity contribution in [3.63, 3.8) is 0 Å². The van der Waals surface area contributed by atoms with Gasteiger partial charge in [-0.1, -0.05) is 0 Å². The minimum Gasteiger partial charge on any atom is -0.391 e. The Hall–Kier alpha value is -1.13. The van der Waals surface area contributed by atoms with Gasteiger partial charge in [-0.05, 0) is 43.7 Å². The average molecular weight is 247 g/mol. The van der Waals surface area contributed by atoms with E-state index in [1.165, 1.54) is 17.7 Å². The van der Waals surface area contributed by atoms with Gasteiger partial charge in [0, 0.05) is 30.9 Å². The molecule has 1 unspecified atom stereocenters. The molecule has 1 aromatic rings. The number of nitrogens with two attached hydrogens (primary N) is 1. The number of aryl methyl sites for hydroxylation is 2. The quantitative estimate of drug-likeness (QED) is 0.818. The molecular weight excluding hydrogens is 226 g/mol. The Morgan fingerprint density at radius 1 is 1.39 bits per heavy atom. The number of hydrogen-bond donors (Lipinski definition) is 2. The maximum atomic E-state index is 9.80. The van der Waals surface area contributed by atoms with Gasteiger partial charge < -0.3 is 15.7 Å². The lowest BCUT2D eigenvalue weighted by Crippen LogP contribution is -2.39. The number of hydrogen-bond acceptors (Lipinski definition) is 4. The number of aliphatic hydroxyl groups excluding tert-OH is 1. The third kappa shape index (κ3) is 2.10. The van der Waals surface area contributed by atoms with Crippen LogP contribution in [-0.2, 0) is 19.4 Å². The first-order valence-corrected chi connectivity index (χ1v) is 6.92. The van der Waals surface area contributed by atoms with Crippen molar-refractivity contribution in [3.05, 3.63) is 22.9 Å². The van der Waals surface area contributed by atoms with Crippen LogP contribution in [-0.4, -0.2) is 29.3 Å². The molecule has 1 aromatic heterocycles. The number of pyridine rings is 1. The molecule has 0 radical (unpaired) electrons. The molecule has 3 N–H and O–H groups in total. The van der Waals surface area contributed by atoms with Gasteiger partial charge >= 0.3 is 0 Å². The third-order valence-electron chi connectivity index (χ3n) is 4.02. The molecule has 2 heterocycles. The van der Waals surface area contributed by atoms with Crippen molar-refractivity contribution in [3.8, 4) is 0 Å². The van der Waals surface area contributed by atoms with Crippen molar-refractivity contribution in [2.75, 3.05) is 18.0 Å². The lowest BCUT2D eigenvalue weighted by atomic mass is 10.1. The molecule has 1 saturated heterocycles. The van der Waals surface area contributed by atoms with Crippen LogP contribution in [0.5, 0.6) is 0 Å². The van der Waals surface area contributed by atoms with Crippen molar-refractivity contribution in [1.82, 2.24) is 4.98 Å².